The molecular weight excluding hydrogens is 358 g/mol. The largest absolute Gasteiger partial charge is 0.300 e. The SMILES string of the molecule is CCSc1nnc(NC(=O)[C@H]2CCCN(S(=O)(=O)N(C)C)C2)s1. The topological polar surface area (TPSA) is 95.5 Å². The van der Waals surface area contributed by atoms with Gasteiger partial charge in [-0.25, -0.2) is 0 Å². The van der Waals surface area contributed by atoms with E-state index in [9.17, 15) is 13.2 Å². The number of amides is 1. The summed E-state index contributed by atoms with van der Waals surface area (Å²) < 4.78 is 27.7. The minimum atomic E-state index is -3.48. The van der Waals surface area contributed by atoms with Crippen molar-refractivity contribution >= 4 is 44.3 Å². The highest BCUT2D eigenvalue weighted by Crippen LogP contribution is 2.26. The first-order chi connectivity index (χ1) is 10.8. The summed E-state index contributed by atoms with van der Waals surface area (Å²) >= 11 is 2.90. The van der Waals surface area contributed by atoms with E-state index < -0.39 is 10.2 Å². The molecule has 0 radical (unpaired) electrons. The molecule has 1 atom stereocenters. The van der Waals surface area contributed by atoms with Crippen LogP contribution in [0.3, 0.4) is 0 Å². The van der Waals surface area contributed by atoms with E-state index >= 15 is 0 Å². The Morgan fingerprint density at radius 3 is 2.87 bits per heavy atom. The van der Waals surface area contributed by atoms with Crippen molar-refractivity contribution in [1.29, 1.82) is 0 Å². The highest BCUT2D eigenvalue weighted by molar-refractivity contribution is 8.01. The van der Waals surface area contributed by atoms with Gasteiger partial charge in [0, 0.05) is 27.2 Å². The number of piperidine rings is 1. The van der Waals surface area contributed by atoms with E-state index in [2.05, 4.69) is 15.5 Å². The van der Waals surface area contributed by atoms with E-state index in [-0.39, 0.29) is 18.4 Å². The minimum Gasteiger partial charge on any atom is -0.300 e. The Hall–Kier alpha value is -0.750. The van der Waals surface area contributed by atoms with E-state index in [4.69, 9.17) is 0 Å². The Bertz CT molecular complexity index is 646. The number of carbonyl (C=O) groups excluding carboxylic acids is 1. The fourth-order valence-electron chi connectivity index (χ4n) is 2.25. The first kappa shape index (κ1) is 18.6. The van der Waals surface area contributed by atoms with Gasteiger partial charge >= 0.3 is 0 Å². The van der Waals surface area contributed by atoms with Crippen LogP contribution < -0.4 is 5.32 Å². The van der Waals surface area contributed by atoms with Gasteiger partial charge in [-0.15, -0.1) is 10.2 Å². The zero-order chi connectivity index (χ0) is 17.0. The fraction of sp³-hybridized carbons (Fsp3) is 0.750. The van der Waals surface area contributed by atoms with E-state index in [0.29, 0.717) is 24.5 Å². The van der Waals surface area contributed by atoms with Crippen LogP contribution in [-0.4, -0.2) is 66.1 Å². The third-order valence-electron chi connectivity index (χ3n) is 3.45. The number of aromatic nitrogens is 2. The first-order valence-corrected chi connectivity index (χ1v) is 10.5. The lowest BCUT2D eigenvalue weighted by atomic mass is 9.99. The molecule has 1 aromatic heterocycles. The number of anilines is 1. The second-order valence-corrected chi connectivity index (χ2v) is 9.91. The van der Waals surface area contributed by atoms with Crippen molar-refractivity contribution in [3.05, 3.63) is 0 Å². The van der Waals surface area contributed by atoms with Gasteiger partial charge in [0.15, 0.2) is 4.34 Å². The van der Waals surface area contributed by atoms with Crippen molar-refractivity contribution < 1.29 is 13.2 Å². The molecule has 130 valence electrons. The number of hydrogen-bond donors (Lipinski definition) is 1. The van der Waals surface area contributed by atoms with Crippen molar-refractivity contribution in [2.75, 3.05) is 38.3 Å². The number of hydrogen-bond acceptors (Lipinski definition) is 7. The van der Waals surface area contributed by atoms with Crippen LogP contribution in [0, 0.1) is 5.92 Å². The summed E-state index contributed by atoms with van der Waals surface area (Å²) in [6.07, 6.45) is 1.33. The Balaban J connectivity index is 1.99. The molecule has 8 nitrogen and oxygen atoms in total. The van der Waals surface area contributed by atoms with Gasteiger partial charge in [-0.05, 0) is 18.6 Å². The zero-order valence-electron chi connectivity index (χ0n) is 13.4. The first-order valence-electron chi connectivity index (χ1n) is 7.29. The second-order valence-electron chi connectivity index (χ2n) is 5.28. The lowest BCUT2D eigenvalue weighted by molar-refractivity contribution is -0.120. The number of nitrogens with one attached hydrogen (secondary N) is 1. The molecule has 0 spiro atoms. The molecule has 1 saturated heterocycles. The highest BCUT2D eigenvalue weighted by Gasteiger charge is 2.33. The quantitative estimate of drug-likeness (QED) is 0.587. The number of carbonyl (C=O) groups is 1. The van der Waals surface area contributed by atoms with Gasteiger partial charge in [0.2, 0.25) is 11.0 Å². The van der Waals surface area contributed by atoms with Crippen LogP contribution in [-0.2, 0) is 15.0 Å². The molecule has 1 amide bonds. The minimum absolute atomic E-state index is 0.196. The van der Waals surface area contributed by atoms with Gasteiger partial charge < -0.3 is 5.32 Å². The molecule has 0 saturated carbocycles. The normalized spacial score (nSPS) is 19.9. The maximum Gasteiger partial charge on any atom is 0.281 e. The van der Waals surface area contributed by atoms with Crippen LogP contribution in [0.4, 0.5) is 5.13 Å². The second kappa shape index (κ2) is 7.88. The molecule has 1 aliphatic rings. The molecule has 0 unspecified atom stereocenters. The molecular formula is C12H21N5O3S3. The Morgan fingerprint density at radius 1 is 1.48 bits per heavy atom. The Labute approximate surface area is 144 Å². The van der Waals surface area contributed by atoms with Crippen molar-refractivity contribution in [3.63, 3.8) is 0 Å². The van der Waals surface area contributed by atoms with Crippen LogP contribution in [0.25, 0.3) is 0 Å². The number of nitrogens with zero attached hydrogens (tertiary/aromatic N) is 4. The summed E-state index contributed by atoms with van der Waals surface area (Å²) in [4.78, 5) is 12.4. The summed E-state index contributed by atoms with van der Waals surface area (Å²) in [5.41, 5.74) is 0. The van der Waals surface area contributed by atoms with Gasteiger partial charge in [0.05, 0.1) is 5.92 Å². The zero-order valence-corrected chi connectivity index (χ0v) is 15.8. The van der Waals surface area contributed by atoms with Crippen molar-refractivity contribution in [3.8, 4) is 0 Å². The summed E-state index contributed by atoms with van der Waals surface area (Å²) in [7, 11) is -0.498. The molecule has 23 heavy (non-hydrogen) atoms. The smallest absolute Gasteiger partial charge is 0.281 e. The molecule has 0 aliphatic carbocycles. The maximum absolute atomic E-state index is 12.4. The lowest BCUT2D eigenvalue weighted by Gasteiger charge is -2.32. The standard InChI is InChI=1S/C12H21N5O3S3/c1-4-21-12-15-14-11(22-12)13-10(18)9-6-5-7-17(8-9)23(19,20)16(2)3/h9H,4-8H2,1-3H3,(H,13,14,18)/t9-/m0/s1. The van der Waals surface area contributed by atoms with Crippen LogP contribution in [0.15, 0.2) is 4.34 Å². The molecule has 1 aromatic rings. The average molecular weight is 380 g/mol. The van der Waals surface area contributed by atoms with E-state index in [1.54, 1.807) is 11.8 Å². The predicted molar refractivity (Wildman–Crippen MR) is 91.8 cm³/mol. The van der Waals surface area contributed by atoms with Crippen molar-refractivity contribution in [1.82, 2.24) is 18.8 Å². The van der Waals surface area contributed by atoms with Crippen molar-refractivity contribution in [2.45, 2.75) is 24.1 Å². The highest BCUT2D eigenvalue weighted by atomic mass is 32.2. The lowest BCUT2D eigenvalue weighted by Crippen LogP contribution is -2.47. The Kier molecular flexibility index (Phi) is 6.37. The van der Waals surface area contributed by atoms with Gasteiger partial charge in [-0.3, -0.25) is 4.79 Å². The Morgan fingerprint density at radius 2 is 2.22 bits per heavy atom. The van der Waals surface area contributed by atoms with Gasteiger partial charge in [0.25, 0.3) is 10.2 Å². The van der Waals surface area contributed by atoms with Crippen LogP contribution in [0.5, 0.6) is 0 Å². The van der Waals surface area contributed by atoms with E-state index in [0.717, 1.165) is 10.1 Å². The van der Waals surface area contributed by atoms with E-state index in [1.807, 2.05) is 6.92 Å². The molecule has 0 bridgehead atoms. The third-order valence-corrected chi connectivity index (χ3v) is 7.21. The maximum atomic E-state index is 12.4. The number of rotatable bonds is 6. The van der Waals surface area contributed by atoms with Gasteiger partial charge in [-0.1, -0.05) is 30.0 Å². The third kappa shape index (κ3) is 4.63. The molecule has 11 heteroatoms. The van der Waals surface area contributed by atoms with Crippen molar-refractivity contribution in [2.24, 2.45) is 5.92 Å². The summed E-state index contributed by atoms with van der Waals surface area (Å²) in [5, 5.41) is 11.1. The number of thioether (sulfide) groups is 1. The monoisotopic (exact) mass is 379 g/mol. The molecule has 0 aromatic carbocycles. The summed E-state index contributed by atoms with van der Waals surface area (Å²) in [6, 6.07) is 0. The molecule has 2 rings (SSSR count). The molecule has 1 fully saturated rings. The molecule has 1 N–H and O–H groups in total. The molecule has 1 aliphatic heterocycles. The fourth-order valence-corrected chi connectivity index (χ4v) is 5.09. The predicted octanol–water partition coefficient (Wildman–Crippen LogP) is 1.11. The average Bonchev–Trinajstić information content (AvgIpc) is 2.94. The van der Waals surface area contributed by atoms with Gasteiger partial charge in [-0.2, -0.15) is 17.0 Å². The van der Waals surface area contributed by atoms with Crippen LogP contribution >= 0.6 is 23.1 Å². The molecule has 2 heterocycles. The van der Waals surface area contributed by atoms with E-state index in [1.165, 1.54) is 34.0 Å². The van der Waals surface area contributed by atoms with Crippen LogP contribution in [0.1, 0.15) is 19.8 Å². The van der Waals surface area contributed by atoms with Gasteiger partial charge in [0.1, 0.15) is 0 Å². The summed E-state index contributed by atoms with van der Waals surface area (Å²) in [6.45, 7) is 2.66. The van der Waals surface area contributed by atoms with Crippen LogP contribution in [0.2, 0.25) is 0 Å². The summed E-state index contributed by atoms with van der Waals surface area (Å²) in [5.74, 6) is 0.320.